The number of aliphatic hydroxyl groups excluding tert-OH is 1. The molecule has 14 heavy (non-hydrogen) atoms. The summed E-state index contributed by atoms with van der Waals surface area (Å²) in [4.78, 5) is 0. The van der Waals surface area contributed by atoms with Crippen molar-refractivity contribution in [1.82, 2.24) is 0 Å². The number of ether oxygens (including phenoxy) is 1. The molecule has 2 heteroatoms. The van der Waals surface area contributed by atoms with E-state index < -0.39 is 0 Å². The normalized spacial score (nSPS) is 29.9. The van der Waals surface area contributed by atoms with E-state index in [1.165, 1.54) is 6.42 Å². The van der Waals surface area contributed by atoms with Crippen LogP contribution in [0.3, 0.4) is 0 Å². The molecule has 1 N–H and O–H groups in total. The largest absolute Gasteiger partial charge is 0.390 e. The molecule has 0 amide bonds. The lowest BCUT2D eigenvalue weighted by Crippen LogP contribution is -2.44. The van der Waals surface area contributed by atoms with E-state index in [-0.39, 0.29) is 11.7 Å². The third-order valence-electron chi connectivity index (χ3n) is 3.09. The summed E-state index contributed by atoms with van der Waals surface area (Å²) < 4.78 is 5.68. The van der Waals surface area contributed by atoms with Crippen molar-refractivity contribution in [1.29, 1.82) is 0 Å². The van der Waals surface area contributed by atoms with Gasteiger partial charge in [-0.1, -0.05) is 6.08 Å². The number of hydrogen-bond acceptors (Lipinski definition) is 2. The van der Waals surface area contributed by atoms with Gasteiger partial charge >= 0.3 is 0 Å². The van der Waals surface area contributed by atoms with Crippen molar-refractivity contribution in [3.63, 3.8) is 0 Å². The molecule has 0 aromatic carbocycles. The van der Waals surface area contributed by atoms with Gasteiger partial charge in [0.1, 0.15) is 0 Å². The van der Waals surface area contributed by atoms with Gasteiger partial charge in [-0.05, 0) is 45.4 Å². The molecule has 2 nitrogen and oxygen atoms in total. The van der Waals surface area contributed by atoms with E-state index in [4.69, 9.17) is 4.74 Å². The smallest absolute Gasteiger partial charge is 0.0912 e. The van der Waals surface area contributed by atoms with Gasteiger partial charge in [-0.3, -0.25) is 0 Å². The maximum atomic E-state index is 10.0. The van der Waals surface area contributed by atoms with Crippen LogP contribution in [0.15, 0.2) is 12.7 Å². The van der Waals surface area contributed by atoms with Crippen LogP contribution in [0.2, 0.25) is 0 Å². The molecule has 82 valence electrons. The second-order valence-electron chi connectivity index (χ2n) is 4.35. The Hall–Kier alpha value is -0.340. The molecule has 2 atom stereocenters. The van der Waals surface area contributed by atoms with Crippen molar-refractivity contribution in [2.75, 3.05) is 6.61 Å². The Kier molecular flexibility index (Phi) is 4.63. The molecule has 1 fully saturated rings. The lowest BCUT2D eigenvalue weighted by Gasteiger charge is -2.38. The van der Waals surface area contributed by atoms with Gasteiger partial charge in [0.2, 0.25) is 0 Å². The second kappa shape index (κ2) is 5.52. The summed E-state index contributed by atoms with van der Waals surface area (Å²) in [7, 11) is 0. The van der Waals surface area contributed by atoms with Crippen LogP contribution in [0, 0.1) is 0 Å². The van der Waals surface area contributed by atoms with Crippen LogP contribution in [0.5, 0.6) is 0 Å². The fraction of sp³-hybridized carbons (Fsp3) is 0.833. The molecule has 0 aromatic heterocycles. The van der Waals surface area contributed by atoms with Crippen LogP contribution in [0.1, 0.15) is 45.4 Å². The van der Waals surface area contributed by atoms with E-state index >= 15 is 0 Å². The highest BCUT2D eigenvalue weighted by Gasteiger charge is 2.34. The Labute approximate surface area is 87.0 Å². The van der Waals surface area contributed by atoms with Gasteiger partial charge in [-0.25, -0.2) is 0 Å². The fourth-order valence-electron chi connectivity index (χ4n) is 1.98. The number of allylic oxidation sites excluding steroid dienone is 1. The fourth-order valence-corrected chi connectivity index (χ4v) is 1.98. The van der Waals surface area contributed by atoms with Gasteiger partial charge in [-0.2, -0.15) is 0 Å². The van der Waals surface area contributed by atoms with E-state index in [0.717, 1.165) is 38.7 Å². The predicted octanol–water partition coefficient (Wildman–Crippen LogP) is 2.66. The van der Waals surface area contributed by atoms with E-state index in [0.29, 0.717) is 0 Å². The molecular weight excluding hydrogens is 176 g/mol. The molecule has 0 radical (unpaired) electrons. The van der Waals surface area contributed by atoms with Crippen LogP contribution in [0.25, 0.3) is 0 Å². The maximum absolute atomic E-state index is 10.0. The van der Waals surface area contributed by atoms with Crippen molar-refractivity contribution in [3.05, 3.63) is 12.7 Å². The average Bonchev–Trinajstić information content (AvgIpc) is 2.19. The van der Waals surface area contributed by atoms with Crippen LogP contribution in [0.4, 0.5) is 0 Å². The monoisotopic (exact) mass is 198 g/mol. The summed E-state index contributed by atoms with van der Waals surface area (Å²) in [6.45, 7) is 6.51. The Morgan fingerprint density at radius 3 is 2.93 bits per heavy atom. The Bertz CT molecular complexity index is 171. The van der Waals surface area contributed by atoms with E-state index in [1.54, 1.807) is 0 Å². The first kappa shape index (κ1) is 11.7. The minimum atomic E-state index is -0.317. The van der Waals surface area contributed by atoms with Crippen LogP contribution in [-0.4, -0.2) is 23.4 Å². The van der Waals surface area contributed by atoms with Crippen LogP contribution < -0.4 is 0 Å². The summed E-state index contributed by atoms with van der Waals surface area (Å²) in [5.74, 6) is 0. The molecular formula is C12H22O2. The molecule has 1 aliphatic rings. The number of aliphatic hydroxyl groups is 1. The summed E-state index contributed by atoms with van der Waals surface area (Å²) in [5.41, 5.74) is -0.292. The number of rotatable bonds is 5. The lowest BCUT2D eigenvalue weighted by atomic mass is 9.87. The highest BCUT2D eigenvalue weighted by atomic mass is 16.5. The number of hydrogen-bond donors (Lipinski definition) is 1. The Balaban J connectivity index is 2.32. The van der Waals surface area contributed by atoms with Gasteiger partial charge < -0.3 is 9.84 Å². The van der Waals surface area contributed by atoms with Crippen LogP contribution in [-0.2, 0) is 4.74 Å². The highest BCUT2D eigenvalue weighted by molar-refractivity contribution is 4.86. The minimum Gasteiger partial charge on any atom is -0.390 e. The number of unbranched alkanes of at least 4 members (excludes halogenated alkanes) is 1. The molecule has 1 rings (SSSR count). The molecule has 0 spiro atoms. The summed E-state index contributed by atoms with van der Waals surface area (Å²) >= 11 is 0. The van der Waals surface area contributed by atoms with Crippen molar-refractivity contribution in [2.45, 2.75) is 57.2 Å². The van der Waals surface area contributed by atoms with Gasteiger partial charge in [0.25, 0.3) is 0 Å². The van der Waals surface area contributed by atoms with E-state index in [1.807, 2.05) is 13.0 Å². The summed E-state index contributed by atoms with van der Waals surface area (Å²) in [6, 6.07) is 0. The predicted molar refractivity (Wildman–Crippen MR) is 58.3 cm³/mol. The second-order valence-corrected chi connectivity index (χ2v) is 4.35. The molecule has 0 aromatic rings. The first-order valence-electron chi connectivity index (χ1n) is 5.62. The highest BCUT2D eigenvalue weighted by Crippen LogP contribution is 2.29. The Morgan fingerprint density at radius 1 is 1.57 bits per heavy atom. The first-order valence-corrected chi connectivity index (χ1v) is 5.62. The third kappa shape index (κ3) is 3.10. The zero-order chi connectivity index (χ0) is 10.4. The molecule has 0 aliphatic carbocycles. The molecule has 1 heterocycles. The van der Waals surface area contributed by atoms with Crippen LogP contribution >= 0.6 is 0 Å². The van der Waals surface area contributed by atoms with Gasteiger partial charge in [-0.15, -0.1) is 6.58 Å². The third-order valence-corrected chi connectivity index (χ3v) is 3.09. The van der Waals surface area contributed by atoms with E-state index in [2.05, 4.69) is 6.58 Å². The van der Waals surface area contributed by atoms with E-state index in [9.17, 15) is 5.11 Å². The quantitative estimate of drug-likeness (QED) is 0.543. The SMILES string of the molecule is C=CCCCC(O)C1(C)CCCCO1. The molecule has 0 saturated carbocycles. The summed E-state index contributed by atoms with van der Waals surface area (Å²) in [6.07, 6.45) is 7.69. The lowest BCUT2D eigenvalue weighted by molar-refractivity contribution is -0.138. The van der Waals surface area contributed by atoms with Crippen molar-refractivity contribution < 1.29 is 9.84 Å². The zero-order valence-electron chi connectivity index (χ0n) is 9.17. The van der Waals surface area contributed by atoms with Crippen molar-refractivity contribution >= 4 is 0 Å². The van der Waals surface area contributed by atoms with Gasteiger partial charge in [0.05, 0.1) is 11.7 Å². The topological polar surface area (TPSA) is 29.5 Å². The Morgan fingerprint density at radius 2 is 2.36 bits per heavy atom. The summed E-state index contributed by atoms with van der Waals surface area (Å²) in [5, 5.41) is 10.0. The zero-order valence-corrected chi connectivity index (χ0v) is 9.17. The standard InChI is InChI=1S/C12H22O2/c1-3-4-5-8-11(13)12(2)9-6-7-10-14-12/h3,11,13H,1,4-10H2,2H3. The molecule has 1 aliphatic heterocycles. The molecule has 1 saturated heterocycles. The average molecular weight is 198 g/mol. The van der Waals surface area contributed by atoms with Gasteiger partial charge in [0, 0.05) is 6.61 Å². The molecule has 2 unspecified atom stereocenters. The first-order chi connectivity index (χ1) is 6.69. The van der Waals surface area contributed by atoms with Crippen molar-refractivity contribution in [3.8, 4) is 0 Å². The van der Waals surface area contributed by atoms with Gasteiger partial charge in [0.15, 0.2) is 0 Å². The maximum Gasteiger partial charge on any atom is 0.0912 e. The minimum absolute atomic E-state index is 0.292. The van der Waals surface area contributed by atoms with Crippen molar-refractivity contribution in [2.24, 2.45) is 0 Å². The molecule has 0 bridgehead atoms.